The third kappa shape index (κ3) is 2.68. The molecule has 0 spiro atoms. The van der Waals surface area contributed by atoms with Crippen molar-refractivity contribution in [1.82, 2.24) is 0 Å². The van der Waals surface area contributed by atoms with Crippen molar-refractivity contribution in [2.45, 2.75) is 24.1 Å². The molecule has 1 nitrogen and oxygen atoms in total. The van der Waals surface area contributed by atoms with Crippen LogP contribution >= 0.6 is 11.8 Å². The van der Waals surface area contributed by atoms with Crippen LogP contribution in [-0.2, 0) is 6.18 Å². The molecule has 1 aromatic carbocycles. The van der Waals surface area contributed by atoms with Gasteiger partial charge in [-0.25, -0.2) is 4.39 Å². The van der Waals surface area contributed by atoms with Gasteiger partial charge in [-0.1, -0.05) is 0 Å². The van der Waals surface area contributed by atoms with Crippen LogP contribution in [0.3, 0.4) is 0 Å². The number of aliphatic hydroxyl groups excluding tert-OH is 1. The van der Waals surface area contributed by atoms with Gasteiger partial charge in [0.2, 0.25) is 0 Å². The van der Waals surface area contributed by atoms with E-state index in [0.29, 0.717) is 6.07 Å². The first kappa shape index (κ1) is 13.3. The molecule has 1 aromatic rings. The highest BCUT2D eigenvalue weighted by Gasteiger charge is 2.32. The number of benzene rings is 1. The Morgan fingerprint density at radius 3 is 2.25 bits per heavy atom. The van der Waals surface area contributed by atoms with E-state index in [1.807, 2.05) is 0 Å². The van der Waals surface area contributed by atoms with Crippen LogP contribution in [0.1, 0.15) is 24.2 Å². The lowest BCUT2D eigenvalue weighted by Gasteiger charge is -2.14. The van der Waals surface area contributed by atoms with Gasteiger partial charge in [0.15, 0.2) is 0 Å². The molecular formula is C10H10F4OS. The Hall–Kier alpha value is -0.750. The summed E-state index contributed by atoms with van der Waals surface area (Å²) in [4.78, 5) is -0.120. The van der Waals surface area contributed by atoms with Crippen LogP contribution < -0.4 is 0 Å². The molecule has 16 heavy (non-hydrogen) atoms. The molecule has 1 unspecified atom stereocenters. The number of thioether (sulfide) groups is 1. The summed E-state index contributed by atoms with van der Waals surface area (Å²) in [5.74, 6) is -0.796. The summed E-state index contributed by atoms with van der Waals surface area (Å²) >= 11 is 0.871. The van der Waals surface area contributed by atoms with Crippen molar-refractivity contribution >= 4 is 11.8 Å². The number of alkyl halides is 3. The first-order valence-electron chi connectivity index (χ1n) is 4.40. The van der Waals surface area contributed by atoms with E-state index >= 15 is 0 Å². The quantitative estimate of drug-likeness (QED) is 0.642. The number of aliphatic hydroxyl groups is 1. The molecule has 90 valence electrons. The maximum Gasteiger partial charge on any atom is 0.416 e. The Bertz CT molecular complexity index is 387. The van der Waals surface area contributed by atoms with E-state index in [4.69, 9.17) is 0 Å². The van der Waals surface area contributed by atoms with Gasteiger partial charge in [0, 0.05) is 10.5 Å². The van der Waals surface area contributed by atoms with Crippen molar-refractivity contribution in [2.75, 3.05) is 6.26 Å². The highest BCUT2D eigenvalue weighted by Crippen LogP contribution is 2.35. The molecule has 0 aliphatic carbocycles. The van der Waals surface area contributed by atoms with Gasteiger partial charge in [0.1, 0.15) is 5.82 Å². The summed E-state index contributed by atoms with van der Waals surface area (Å²) in [6.07, 6.45) is -4.33. The predicted molar refractivity (Wildman–Crippen MR) is 53.8 cm³/mol. The highest BCUT2D eigenvalue weighted by atomic mass is 32.2. The summed E-state index contributed by atoms with van der Waals surface area (Å²) in [5.41, 5.74) is -1.28. The minimum atomic E-state index is -4.54. The molecule has 0 fully saturated rings. The van der Waals surface area contributed by atoms with Gasteiger partial charge in [-0.15, -0.1) is 11.8 Å². The van der Waals surface area contributed by atoms with Gasteiger partial charge in [-0.2, -0.15) is 13.2 Å². The fourth-order valence-electron chi connectivity index (χ4n) is 1.24. The largest absolute Gasteiger partial charge is 0.416 e. The SMILES string of the molecule is CSc1cc(C(F)(F)F)cc(C(C)O)c1F. The van der Waals surface area contributed by atoms with E-state index in [0.717, 1.165) is 17.8 Å². The molecule has 0 saturated heterocycles. The standard InChI is InChI=1S/C10H10F4OS/c1-5(15)7-3-6(10(12,13)14)4-8(16-2)9(7)11/h3-5,15H,1-2H3. The molecule has 0 radical (unpaired) electrons. The lowest BCUT2D eigenvalue weighted by molar-refractivity contribution is -0.137. The summed E-state index contributed by atoms with van der Waals surface area (Å²) < 4.78 is 50.9. The summed E-state index contributed by atoms with van der Waals surface area (Å²) in [6.45, 7) is 1.22. The van der Waals surface area contributed by atoms with Crippen LogP contribution in [-0.4, -0.2) is 11.4 Å². The fourth-order valence-corrected chi connectivity index (χ4v) is 1.78. The molecule has 6 heteroatoms. The fraction of sp³-hybridized carbons (Fsp3) is 0.400. The molecule has 0 bridgehead atoms. The van der Waals surface area contributed by atoms with Gasteiger partial charge in [-0.3, -0.25) is 0 Å². The average molecular weight is 254 g/mol. The Morgan fingerprint density at radius 2 is 1.88 bits per heavy atom. The van der Waals surface area contributed by atoms with Crippen molar-refractivity contribution in [3.05, 3.63) is 29.1 Å². The van der Waals surface area contributed by atoms with E-state index in [-0.39, 0.29) is 10.5 Å². The van der Waals surface area contributed by atoms with Crippen molar-refractivity contribution in [1.29, 1.82) is 0 Å². The first-order chi connectivity index (χ1) is 7.27. The molecule has 0 amide bonds. The normalized spacial score (nSPS) is 13.9. The number of hydrogen-bond acceptors (Lipinski definition) is 2. The second-order valence-electron chi connectivity index (χ2n) is 3.26. The summed E-state index contributed by atoms with van der Waals surface area (Å²) in [6, 6.07) is 1.38. The van der Waals surface area contributed by atoms with Gasteiger partial charge in [-0.05, 0) is 25.3 Å². The Labute approximate surface area is 94.5 Å². The van der Waals surface area contributed by atoms with Gasteiger partial charge in [0.05, 0.1) is 11.7 Å². The van der Waals surface area contributed by atoms with E-state index < -0.39 is 23.7 Å². The molecule has 0 aromatic heterocycles. The second-order valence-corrected chi connectivity index (χ2v) is 4.10. The van der Waals surface area contributed by atoms with Crippen LogP contribution in [0.25, 0.3) is 0 Å². The smallest absolute Gasteiger partial charge is 0.389 e. The summed E-state index contributed by atoms with van der Waals surface area (Å²) in [5, 5.41) is 9.20. The summed E-state index contributed by atoms with van der Waals surface area (Å²) in [7, 11) is 0. The lowest BCUT2D eigenvalue weighted by Crippen LogP contribution is -2.08. The third-order valence-electron chi connectivity index (χ3n) is 2.06. The number of rotatable bonds is 2. The molecule has 0 aliphatic heterocycles. The Morgan fingerprint density at radius 1 is 1.31 bits per heavy atom. The maximum atomic E-state index is 13.5. The van der Waals surface area contributed by atoms with E-state index in [1.165, 1.54) is 13.2 Å². The van der Waals surface area contributed by atoms with Crippen LogP contribution in [0.15, 0.2) is 17.0 Å². The Kier molecular flexibility index (Phi) is 3.85. The van der Waals surface area contributed by atoms with E-state index in [2.05, 4.69) is 0 Å². The molecule has 0 aliphatic rings. The van der Waals surface area contributed by atoms with Gasteiger partial charge < -0.3 is 5.11 Å². The second kappa shape index (κ2) is 4.63. The van der Waals surface area contributed by atoms with Crippen molar-refractivity contribution in [3.8, 4) is 0 Å². The predicted octanol–water partition coefficient (Wildman–Crippen LogP) is 3.62. The van der Waals surface area contributed by atoms with Crippen LogP contribution in [0.5, 0.6) is 0 Å². The zero-order chi connectivity index (χ0) is 12.5. The molecule has 0 heterocycles. The highest BCUT2D eigenvalue weighted by molar-refractivity contribution is 7.98. The number of halogens is 4. The molecule has 1 N–H and O–H groups in total. The van der Waals surface area contributed by atoms with Crippen LogP contribution in [0.4, 0.5) is 17.6 Å². The molecular weight excluding hydrogens is 244 g/mol. The van der Waals surface area contributed by atoms with Gasteiger partial charge >= 0.3 is 6.18 Å². The van der Waals surface area contributed by atoms with Crippen LogP contribution in [0, 0.1) is 5.82 Å². The van der Waals surface area contributed by atoms with Gasteiger partial charge in [0.25, 0.3) is 0 Å². The Balaban J connectivity index is 3.40. The third-order valence-corrected chi connectivity index (χ3v) is 2.80. The zero-order valence-corrected chi connectivity index (χ0v) is 9.42. The number of hydrogen-bond donors (Lipinski definition) is 1. The maximum absolute atomic E-state index is 13.5. The van der Waals surface area contributed by atoms with E-state index in [1.54, 1.807) is 0 Å². The molecule has 1 rings (SSSR count). The molecule has 0 saturated carbocycles. The topological polar surface area (TPSA) is 20.2 Å². The van der Waals surface area contributed by atoms with E-state index in [9.17, 15) is 22.7 Å². The molecule has 1 atom stereocenters. The monoisotopic (exact) mass is 254 g/mol. The van der Waals surface area contributed by atoms with Crippen molar-refractivity contribution in [2.24, 2.45) is 0 Å². The average Bonchev–Trinajstić information content (AvgIpc) is 2.15. The first-order valence-corrected chi connectivity index (χ1v) is 5.62. The van der Waals surface area contributed by atoms with Crippen LogP contribution in [0.2, 0.25) is 0 Å². The van der Waals surface area contributed by atoms with Crippen molar-refractivity contribution < 1.29 is 22.7 Å². The van der Waals surface area contributed by atoms with Crippen molar-refractivity contribution in [3.63, 3.8) is 0 Å². The zero-order valence-electron chi connectivity index (χ0n) is 8.60. The lowest BCUT2D eigenvalue weighted by atomic mass is 10.1. The minimum absolute atomic E-state index is 0.120. The minimum Gasteiger partial charge on any atom is -0.389 e.